The van der Waals surface area contributed by atoms with Crippen LogP contribution >= 0.6 is 0 Å². The summed E-state index contributed by atoms with van der Waals surface area (Å²) < 4.78 is 5.08. The molecule has 1 saturated heterocycles. The number of piperidine rings is 1. The molecule has 0 aromatic heterocycles. The van der Waals surface area contributed by atoms with Gasteiger partial charge in [0.2, 0.25) is 0 Å². The Bertz CT molecular complexity index is 528. The highest BCUT2D eigenvalue weighted by Crippen LogP contribution is 2.28. The van der Waals surface area contributed by atoms with Gasteiger partial charge in [0.25, 0.3) is 0 Å². The smallest absolute Gasteiger partial charge is 0.309 e. The zero-order valence-corrected chi connectivity index (χ0v) is 12.7. The predicted octanol–water partition coefficient (Wildman–Crippen LogP) is 2.83. The van der Waals surface area contributed by atoms with Crippen molar-refractivity contribution < 1.29 is 9.53 Å². The van der Waals surface area contributed by atoms with E-state index in [1.165, 1.54) is 0 Å². The van der Waals surface area contributed by atoms with Crippen molar-refractivity contribution in [3.05, 3.63) is 35.4 Å². The molecule has 21 heavy (non-hydrogen) atoms. The zero-order chi connectivity index (χ0) is 15.2. The molecule has 2 rings (SSSR count). The summed E-state index contributed by atoms with van der Waals surface area (Å²) in [6.45, 7) is 5.82. The molecule has 1 aliphatic heterocycles. The van der Waals surface area contributed by atoms with Crippen LogP contribution in [0.25, 0.3) is 0 Å². The Morgan fingerprint density at radius 2 is 2.10 bits per heavy atom. The monoisotopic (exact) mass is 286 g/mol. The maximum Gasteiger partial charge on any atom is 0.309 e. The van der Waals surface area contributed by atoms with Crippen molar-refractivity contribution in [2.75, 3.05) is 19.7 Å². The Hall–Kier alpha value is -1.86. The van der Waals surface area contributed by atoms with Gasteiger partial charge in [0.1, 0.15) is 6.04 Å². The van der Waals surface area contributed by atoms with Crippen LogP contribution in [0.3, 0.4) is 0 Å². The summed E-state index contributed by atoms with van der Waals surface area (Å²) in [5.74, 6) is -0.112. The molecule has 1 fully saturated rings. The largest absolute Gasteiger partial charge is 0.466 e. The highest BCUT2D eigenvalue weighted by molar-refractivity contribution is 5.72. The van der Waals surface area contributed by atoms with E-state index in [2.05, 4.69) is 11.0 Å². The van der Waals surface area contributed by atoms with Crippen LogP contribution < -0.4 is 0 Å². The molecule has 1 aliphatic rings. The van der Waals surface area contributed by atoms with E-state index in [0.717, 1.165) is 37.1 Å². The molecule has 4 nitrogen and oxygen atoms in total. The molecule has 0 aliphatic carbocycles. The molecule has 0 spiro atoms. The van der Waals surface area contributed by atoms with Crippen molar-refractivity contribution in [2.45, 2.75) is 32.7 Å². The van der Waals surface area contributed by atoms with Gasteiger partial charge in [0, 0.05) is 13.1 Å². The summed E-state index contributed by atoms with van der Waals surface area (Å²) in [6.07, 6.45) is 1.53. The fourth-order valence-corrected chi connectivity index (χ4v) is 2.89. The lowest BCUT2D eigenvalue weighted by Gasteiger charge is -2.34. The number of carbonyl (C=O) groups excluding carboxylic acids is 1. The number of ether oxygens (including phenoxy) is 1. The van der Waals surface area contributed by atoms with Gasteiger partial charge in [-0.15, -0.1) is 0 Å². The lowest BCUT2D eigenvalue weighted by Crippen LogP contribution is -2.39. The normalized spacial score (nSPS) is 18.0. The van der Waals surface area contributed by atoms with Gasteiger partial charge in [-0.05, 0) is 37.8 Å². The van der Waals surface area contributed by atoms with Crippen LogP contribution in [0.5, 0.6) is 0 Å². The lowest BCUT2D eigenvalue weighted by atomic mass is 9.93. The highest BCUT2D eigenvalue weighted by atomic mass is 16.5. The average molecular weight is 286 g/mol. The third-order valence-electron chi connectivity index (χ3n) is 4.12. The Balaban J connectivity index is 2.02. The Morgan fingerprint density at radius 3 is 2.67 bits per heavy atom. The lowest BCUT2D eigenvalue weighted by molar-refractivity contribution is -0.149. The molecule has 1 atom stereocenters. The summed E-state index contributed by atoms with van der Waals surface area (Å²) in [6, 6.07) is 10.2. The van der Waals surface area contributed by atoms with Crippen LogP contribution in [0.15, 0.2) is 24.3 Å². The summed E-state index contributed by atoms with van der Waals surface area (Å²) in [5, 5.41) is 9.53. The molecule has 0 N–H and O–H groups in total. The second kappa shape index (κ2) is 7.24. The Morgan fingerprint density at radius 1 is 1.43 bits per heavy atom. The van der Waals surface area contributed by atoms with Gasteiger partial charge < -0.3 is 4.74 Å². The predicted molar refractivity (Wildman–Crippen MR) is 80.5 cm³/mol. The molecular weight excluding hydrogens is 264 g/mol. The Kier molecular flexibility index (Phi) is 5.35. The molecule has 1 unspecified atom stereocenters. The fraction of sp³-hybridized carbons (Fsp3) is 0.529. The Labute approximate surface area is 126 Å². The summed E-state index contributed by atoms with van der Waals surface area (Å²) in [4.78, 5) is 13.9. The first-order valence-electron chi connectivity index (χ1n) is 7.53. The molecule has 0 amide bonds. The van der Waals surface area contributed by atoms with E-state index < -0.39 is 0 Å². The van der Waals surface area contributed by atoms with Crippen LogP contribution in [-0.4, -0.2) is 30.6 Å². The van der Waals surface area contributed by atoms with Crippen molar-refractivity contribution in [2.24, 2.45) is 5.92 Å². The number of aryl methyl sites for hydroxylation is 1. The first-order chi connectivity index (χ1) is 10.2. The quantitative estimate of drug-likeness (QED) is 0.799. The third kappa shape index (κ3) is 3.62. The van der Waals surface area contributed by atoms with Crippen LogP contribution in [0.1, 0.15) is 36.9 Å². The maximum atomic E-state index is 11.8. The van der Waals surface area contributed by atoms with Crippen LogP contribution in [0.4, 0.5) is 0 Å². The van der Waals surface area contributed by atoms with Crippen LogP contribution in [0, 0.1) is 24.2 Å². The van der Waals surface area contributed by atoms with Gasteiger partial charge >= 0.3 is 5.97 Å². The molecule has 0 bridgehead atoms. The highest BCUT2D eigenvalue weighted by Gasteiger charge is 2.30. The second-order valence-corrected chi connectivity index (χ2v) is 5.45. The van der Waals surface area contributed by atoms with Crippen molar-refractivity contribution in [1.82, 2.24) is 4.90 Å². The van der Waals surface area contributed by atoms with E-state index in [4.69, 9.17) is 4.74 Å². The van der Waals surface area contributed by atoms with Gasteiger partial charge in [0.05, 0.1) is 18.6 Å². The number of rotatable bonds is 4. The molecule has 4 heteroatoms. The number of nitriles is 1. The molecule has 0 saturated carbocycles. The molecule has 112 valence electrons. The minimum Gasteiger partial charge on any atom is -0.466 e. The fourth-order valence-electron chi connectivity index (χ4n) is 2.89. The van der Waals surface area contributed by atoms with Gasteiger partial charge in [-0.25, -0.2) is 0 Å². The first kappa shape index (κ1) is 15.5. The standard InChI is InChI=1S/C17H22N2O2/c1-3-21-17(20)14-8-10-19(11-9-14)16(12-18)15-7-5-4-6-13(15)2/h4-7,14,16H,3,8-11H2,1-2H3. The minimum atomic E-state index is -0.227. The summed E-state index contributed by atoms with van der Waals surface area (Å²) in [5.41, 5.74) is 2.20. The first-order valence-corrected chi connectivity index (χ1v) is 7.53. The molecule has 1 heterocycles. The van der Waals surface area contributed by atoms with E-state index in [9.17, 15) is 10.1 Å². The third-order valence-corrected chi connectivity index (χ3v) is 4.12. The van der Waals surface area contributed by atoms with E-state index in [1.807, 2.05) is 38.1 Å². The number of hydrogen-bond donors (Lipinski definition) is 0. The minimum absolute atomic E-state index is 0.0163. The van der Waals surface area contributed by atoms with Gasteiger partial charge in [-0.3, -0.25) is 9.69 Å². The zero-order valence-electron chi connectivity index (χ0n) is 12.7. The molecular formula is C17H22N2O2. The second-order valence-electron chi connectivity index (χ2n) is 5.45. The van der Waals surface area contributed by atoms with Crippen LogP contribution in [-0.2, 0) is 9.53 Å². The van der Waals surface area contributed by atoms with Crippen molar-refractivity contribution in [3.63, 3.8) is 0 Å². The van der Waals surface area contributed by atoms with E-state index in [0.29, 0.717) is 6.61 Å². The van der Waals surface area contributed by atoms with Crippen molar-refractivity contribution in [3.8, 4) is 6.07 Å². The van der Waals surface area contributed by atoms with Crippen molar-refractivity contribution in [1.29, 1.82) is 5.26 Å². The van der Waals surface area contributed by atoms with E-state index >= 15 is 0 Å². The number of likely N-dealkylation sites (tertiary alicyclic amines) is 1. The number of benzene rings is 1. The van der Waals surface area contributed by atoms with E-state index in [1.54, 1.807) is 0 Å². The topological polar surface area (TPSA) is 53.3 Å². The molecule has 1 aromatic carbocycles. The summed E-state index contributed by atoms with van der Waals surface area (Å²) in [7, 11) is 0. The molecule has 0 radical (unpaired) electrons. The number of esters is 1. The van der Waals surface area contributed by atoms with Crippen LogP contribution in [0.2, 0.25) is 0 Å². The van der Waals surface area contributed by atoms with Crippen molar-refractivity contribution >= 4 is 5.97 Å². The van der Waals surface area contributed by atoms with Gasteiger partial charge in [0.15, 0.2) is 0 Å². The number of carbonyl (C=O) groups is 1. The number of nitrogens with zero attached hydrogens (tertiary/aromatic N) is 2. The van der Waals surface area contributed by atoms with Gasteiger partial charge in [-0.2, -0.15) is 5.26 Å². The molecule has 1 aromatic rings. The SMILES string of the molecule is CCOC(=O)C1CCN(C(C#N)c2ccccc2C)CC1. The van der Waals surface area contributed by atoms with Gasteiger partial charge in [-0.1, -0.05) is 24.3 Å². The van der Waals surface area contributed by atoms with E-state index in [-0.39, 0.29) is 17.9 Å². The summed E-state index contributed by atoms with van der Waals surface area (Å²) >= 11 is 0. The number of hydrogen-bond acceptors (Lipinski definition) is 4. The average Bonchev–Trinajstić information content (AvgIpc) is 2.51. The maximum absolute atomic E-state index is 11.8.